The molecule has 212 valence electrons. The molecule has 0 unspecified atom stereocenters. The van der Waals surface area contributed by atoms with E-state index in [1.165, 1.54) is 17.0 Å². The first-order valence-corrected chi connectivity index (χ1v) is 15.0. The first-order chi connectivity index (χ1) is 19.2. The summed E-state index contributed by atoms with van der Waals surface area (Å²) in [6.07, 6.45) is 3.97. The Hall–Kier alpha value is -3.85. The van der Waals surface area contributed by atoms with Crippen LogP contribution in [0, 0.1) is 6.92 Å². The molecule has 1 fully saturated rings. The maximum Gasteiger partial charge on any atom is 0.264 e. The summed E-state index contributed by atoms with van der Waals surface area (Å²) in [6, 6.07) is 21.6. The number of sulfonamides is 1. The number of hydrogen-bond acceptors (Lipinski definition) is 5. The number of amides is 2. The van der Waals surface area contributed by atoms with Gasteiger partial charge in [-0.2, -0.15) is 0 Å². The number of anilines is 1. The van der Waals surface area contributed by atoms with Crippen LogP contribution in [-0.4, -0.2) is 50.9 Å². The van der Waals surface area contributed by atoms with Gasteiger partial charge in [0, 0.05) is 12.6 Å². The minimum Gasteiger partial charge on any atom is -0.497 e. The quantitative estimate of drug-likeness (QED) is 0.366. The van der Waals surface area contributed by atoms with Gasteiger partial charge in [0.1, 0.15) is 18.3 Å². The molecule has 0 bridgehead atoms. The summed E-state index contributed by atoms with van der Waals surface area (Å²) in [5.74, 6) is -0.0558. The second-order valence-corrected chi connectivity index (χ2v) is 12.1. The number of methoxy groups -OCH3 is 1. The summed E-state index contributed by atoms with van der Waals surface area (Å²) < 4.78 is 34.0. The average Bonchev–Trinajstić information content (AvgIpc) is 3.48. The van der Waals surface area contributed by atoms with Crippen LogP contribution in [0.15, 0.2) is 83.8 Å². The molecule has 40 heavy (non-hydrogen) atoms. The van der Waals surface area contributed by atoms with Crippen molar-refractivity contribution >= 4 is 27.5 Å². The van der Waals surface area contributed by atoms with Crippen molar-refractivity contribution < 1.29 is 22.7 Å². The Bertz CT molecular complexity index is 1390. The molecule has 4 rings (SSSR count). The van der Waals surface area contributed by atoms with E-state index in [9.17, 15) is 18.0 Å². The molecular formula is C31H37N3O5S. The number of hydrogen-bond donors (Lipinski definition) is 1. The van der Waals surface area contributed by atoms with E-state index in [0.717, 1.165) is 41.1 Å². The van der Waals surface area contributed by atoms with E-state index in [0.29, 0.717) is 11.4 Å². The number of nitrogens with zero attached hydrogens (tertiary/aromatic N) is 2. The standard InChI is InChI=1S/C31H37N3O5S/c1-23-13-17-27(18-14-23)34(40(37,38)29-11-5-4-6-12-29)22-30(35)33(21-25-15-19-28(39-3)20-16-25)24(2)31(36)32-26-9-7-8-10-26/h4-6,11-20,24,26H,7-10,21-22H2,1-3H3,(H,32,36)/t24-/m1/s1. The fourth-order valence-electron chi connectivity index (χ4n) is 4.86. The van der Waals surface area contributed by atoms with Crippen molar-refractivity contribution in [1.82, 2.24) is 10.2 Å². The van der Waals surface area contributed by atoms with E-state index < -0.39 is 28.5 Å². The zero-order chi connectivity index (χ0) is 28.7. The highest BCUT2D eigenvalue weighted by molar-refractivity contribution is 7.92. The van der Waals surface area contributed by atoms with Gasteiger partial charge in [0.05, 0.1) is 17.7 Å². The summed E-state index contributed by atoms with van der Waals surface area (Å²) >= 11 is 0. The van der Waals surface area contributed by atoms with Gasteiger partial charge in [-0.3, -0.25) is 13.9 Å². The Morgan fingerprint density at radius 3 is 2.17 bits per heavy atom. The molecule has 3 aromatic carbocycles. The smallest absolute Gasteiger partial charge is 0.264 e. The minimum atomic E-state index is -4.07. The van der Waals surface area contributed by atoms with Gasteiger partial charge in [-0.15, -0.1) is 0 Å². The van der Waals surface area contributed by atoms with Crippen LogP contribution in [0.5, 0.6) is 5.75 Å². The SMILES string of the molecule is COc1ccc(CN(C(=O)CN(c2ccc(C)cc2)S(=O)(=O)c2ccccc2)[C@H](C)C(=O)NC2CCCC2)cc1. The number of aryl methyl sites for hydroxylation is 1. The van der Waals surface area contributed by atoms with Crippen LogP contribution in [0.3, 0.4) is 0 Å². The highest BCUT2D eigenvalue weighted by Crippen LogP contribution is 2.25. The first kappa shape index (κ1) is 29.1. The van der Waals surface area contributed by atoms with Crippen molar-refractivity contribution in [3.63, 3.8) is 0 Å². The molecule has 2 amide bonds. The molecule has 1 aliphatic carbocycles. The van der Waals surface area contributed by atoms with Gasteiger partial charge < -0.3 is 15.0 Å². The molecule has 1 saturated carbocycles. The van der Waals surface area contributed by atoms with E-state index in [4.69, 9.17) is 4.74 Å². The predicted octanol–water partition coefficient (Wildman–Crippen LogP) is 4.68. The molecule has 1 aliphatic rings. The fraction of sp³-hybridized carbons (Fsp3) is 0.355. The van der Waals surface area contributed by atoms with Gasteiger partial charge in [-0.05, 0) is 68.7 Å². The number of ether oxygens (including phenoxy) is 1. The predicted molar refractivity (Wildman–Crippen MR) is 156 cm³/mol. The second-order valence-electron chi connectivity index (χ2n) is 10.2. The lowest BCUT2D eigenvalue weighted by molar-refractivity contribution is -0.139. The van der Waals surface area contributed by atoms with Crippen molar-refractivity contribution in [3.05, 3.63) is 90.0 Å². The fourth-order valence-corrected chi connectivity index (χ4v) is 6.30. The zero-order valence-electron chi connectivity index (χ0n) is 23.2. The summed E-state index contributed by atoms with van der Waals surface area (Å²) in [7, 11) is -2.50. The zero-order valence-corrected chi connectivity index (χ0v) is 24.1. The molecule has 9 heteroatoms. The topological polar surface area (TPSA) is 96.0 Å². The van der Waals surface area contributed by atoms with Crippen LogP contribution < -0.4 is 14.4 Å². The van der Waals surface area contributed by atoms with Crippen molar-refractivity contribution in [3.8, 4) is 5.75 Å². The highest BCUT2D eigenvalue weighted by Gasteiger charge is 2.33. The second kappa shape index (κ2) is 13.0. The lowest BCUT2D eigenvalue weighted by atomic mass is 10.1. The minimum absolute atomic E-state index is 0.0807. The Morgan fingerprint density at radius 1 is 0.950 bits per heavy atom. The van der Waals surface area contributed by atoms with Crippen LogP contribution in [0.25, 0.3) is 0 Å². The summed E-state index contributed by atoms with van der Waals surface area (Å²) in [5.41, 5.74) is 2.13. The third-order valence-corrected chi connectivity index (χ3v) is 9.10. The largest absolute Gasteiger partial charge is 0.497 e. The number of carbonyl (C=O) groups is 2. The highest BCUT2D eigenvalue weighted by atomic mass is 32.2. The normalized spacial score (nSPS) is 14.4. The maximum atomic E-state index is 14.0. The first-order valence-electron chi connectivity index (χ1n) is 13.6. The number of nitrogens with one attached hydrogen (secondary N) is 1. The van der Waals surface area contributed by atoms with Gasteiger partial charge in [0.2, 0.25) is 11.8 Å². The molecule has 3 aromatic rings. The number of carbonyl (C=O) groups excluding carboxylic acids is 2. The lowest BCUT2D eigenvalue weighted by Gasteiger charge is -2.32. The average molecular weight is 564 g/mol. The maximum absolute atomic E-state index is 14.0. The molecule has 0 heterocycles. The van der Waals surface area contributed by atoms with Gasteiger partial charge in [0.25, 0.3) is 10.0 Å². The van der Waals surface area contributed by atoms with Crippen LogP contribution in [0.4, 0.5) is 5.69 Å². The molecule has 8 nitrogen and oxygen atoms in total. The van der Waals surface area contributed by atoms with Gasteiger partial charge in [-0.1, -0.05) is 60.9 Å². The van der Waals surface area contributed by atoms with Crippen LogP contribution in [0.2, 0.25) is 0 Å². The Kier molecular flexibility index (Phi) is 9.47. The lowest BCUT2D eigenvalue weighted by Crippen LogP contribution is -2.52. The third kappa shape index (κ3) is 7.01. The van der Waals surface area contributed by atoms with Crippen molar-refractivity contribution in [1.29, 1.82) is 0 Å². The van der Waals surface area contributed by atoms with E-state index in [1.807, 2.05) is 19.1 Å². The molecule has 0 aromatic heterocycles. The Morgan fingerprint density at radius 2 is 1.57 bits per heavy atom. The number of rotatable bonds is 11. The van der Waals surface area contributed by atoms with E-state index >= 15 is 0 Å². The van der Waals surface area contributed by atoms with Crippen molar-refractivity contribution in [2.45, 2.75) is 63.1 Å². The molecular weight excluding hydrogens is 526 g/mol. The Labute approximate surface area is 237 Å². The van der Waals surface area contributed by atoms with Crippen LogP contribution in [-0.2, 0) is 26.2 Å². The molecule has 0 saturated heterocycles. The molecule has 0 radical (unpaired) electrons. The molecule has 1 N–H and O–H groups in total. The summed E-state index contributed by atoms with van der Waals surface area (Å²) in [6.45, 7) is 3.27. The summed E-state index contributed by atoms with van der Waals surface area (Å²) in [4.78, 5) is 28.8. The van der Waals surface area contributed by atoms with Crippen LogP contribution in [0.1, 0.15) is 43.7 Å². The van der Waals surface area contributed by atoms with E-state index in [2.05, 4.69) is 5.32 Å². The molecule has 1 atom stereocenters. The van der Waals surface area contributed by atoms with E-state index in [-0.39, 0.29) is 23.4 Å². The molecule has 0 spiro atoms. The van der Waals surface area contributed by atoms with Crippen molar-refractivity contribution in [2.24, 2.45) is 0 Å². The van der Waals surface area contributed by atoms with Gasteiger partial charge in [0.15, 0.2) is 0 Å². The third-order valence-electron chi connectivity index (χ3n) is 7.31. The van der Waals surface area contributed by atoms with Crippen molar-refractivity contribution in [2.75, 3.05) is 18.0 Å². The Balaban J connectivity index is 1.66. The summed E-state index contributed by atoms with van der Waals surface area (Å²) in [5, 5.41) is 3.08. The number of benzene rings is 3. The van der Waals surface area contributed by atoms with Crippen LogP contribution >= 0.6 is 0 Å². The van der Waals surface area contributed by atoms with Gasteiger partial charge >= 0.3 is 0 Å². The van der Waals surface area contributed by atoms with Gasteiger partial charge in [-0.25, -0.2) is 8.42 Å². The molecule has 0 aliphatic heterocycles. The van der Waals surface area contributed by atoms with E-state index in [1.54, 1.807) is 68.6 Å². The monoisotopic (exact) mass is 563 g/mol.